The summed E-state index contributed by atoms with van der Waals surface area (Å²) in [7, 11) is 3.28. The Hall–Kier alpha value is -5.21. The summed E-state index contributed by atoms with van der Waals surface area (Å²) < 4.78 is 81.4. The van der Waals surface area contributed by atoms with Crippen LogP contribution in [0.4, 0.5) is 42.8 Å². The van der Waals surface area contributed by atoms with Crippen molar-refractivity contribution in [3.63, 3.8) is 0 Å². The minimum Gasteiger partial charge on any atom is -0.404 e. The maximum Gasteiger partial charge on any atom is 0.419 e. The van der Waals surface area contributed by atoms with Crippen LogP contribution in [0, 0.1) is 5.41 Å². The topological polar surface area (TPSA) is 168 Å². The molecule has 3 heterocycles. The number of carbonyl (C=O) groups excluding carboxylic acids is 2. The molecule has 1 aromatic heterocycles. The summed E-state index contributed by atoms with van der Waals surface area (Å²) in [5, 5.41) is 17.5. The predicted molar refractivity (Wildman–Crippen MR) is 226 cm³/mol. The first kappa shape index (κ1) is 46.8. The van der Waals surface area contributed by atoms with Crippen LogP contribution in [0.3, 0.4) is 0 Å². The van der Waals surface area contributed by atoms with Crippen molar-refractivity contribution in [2.75, 3.05) is 70.5 Å². The number of hydrogen-bond donors (Lipinski definition) is 5. The van der Waals surface area contributed by atoms with Gasteiger partial charge in [-0.15, -0.1) is 0 Å². The van der Waals surface area contributed by atoms with Crippen molar-refractivity contribution in [3.05, 3.63) is 82.8 Å². The lowest BCUT2D eigenvalue weighted by Crippen LogP contribution is -2.43. The molecule has 2 amide bonds. The van der Waals surface area contributed by atoms with E-state index in [1.54, 1.807) is 19.0 Å². The van der Waals surface area contributed by atoms with Crippen LogP contribution in [0.15, 0.2) is 64.7 Å². The summed E-state index contributed by atoms with van der Waals surface area (Å²) in [4.78, 5) is 39.3. The zero-order chi connectivity index (χ0) is 44.2. The summed E-state index contributed by atoms with van der Waals surface area (Å²) >= 11 is 1.65. The Kier molecular flexibility index (Phi) is 16.5. The van der Waals surface area contributed by atoms with Gasteiger partial charge in [-0.25, -0.2) is 19.1 Å². The lowest BCUT2D eigenvalue weighted by molar-refractivity contribution is -0.138. The molecule has 0 saturated carbocycles. The number of nitrogens with two attached hydrogens (primary N) is 1. The van der Waals surface area contributed by atoms with Crippen molar-refractivity contribution in [2.45, 2.75) is 67.7 Å². The minimum atomic E-state index is -4.88. The molecule has 2 saturated heterocycles. The Bertz CT molecular complexity index is 2030. The van der Waals surface area contributed by atoms with Gasteiger partial charge in [0.2, 0.25) is 5.95 Å². The van der Waals surface area contributed by atoms with Crippen LogP contribution in [0.5, 0.6) is 0 Å². The molecule has 5 rings (SSSR count). The van der Waals surface area contributed by atoms with Gasteiger partial charge in [-0.1, -0.05) is 18.2 Å². The number of nitrogens with one attached hydrogen (secondary N) is 4. The first-order valence-corrected chi connectivity index (χ1v) is 20.7. The molecule has 0 bridgehead atoms. The monoisotopic (exact) mass is 875 g/mol. The smallest absolute Gasteiger partial charge is 0.404 e. The fraction of sp³-hybridized carbons (Fsp3) is 0.463. The number of piperidine rings is 2. The number of hydrogen-bond acceptors (Lipinski definition) is 12. The molecule has 0 spiro atoms. The van der Waals surface area contributed by atoms with Crippen molar-refractivity contribution >= 4 is 53.5 Å². The molecular weight excluding hydrogens is 825 g/mol. The number of rotatable bonds is 16. The highest BCUT2D eigenvalue weighted by Gasteiger charge is 2.36. The third kappa shape index (κ3) is 13.4. The van der Waals surface area contributed by atoms with Gasteiger partial charge in [-0.3, -0.25) is 15.3 Å². The molecule has 0 aliphatic carbocycles. The number of aromatic nitrogens is 2. The standard InChI is InChI=1S/C41H51F6N11O2S/c1-50-35-22-29(7-8-33(35)37(49)58(14-4-20-59)39(60)51-2)28-10-16-56(17-11-28)15-9-27-5-3-6-32(21-27)61-57-18-12-31(13-19-57)54-38-53-25-34(41(45,46)47)36(55-38)30(23-48)24-52-26-40(42,43)44/h3,5-8,20-25,28,31,49-50H,4,9-19,26,48H2,1-2H3,(H,51,60)(H,53,54,55)/b30-23+,49-37?,52-24?. The van der Waals surface area contributed by atoms with Gasteiger partial charge in [-0.2, -0.15) is 26.3 Å². The molecule has 2 aromatic carbocycles. The number of urea groups is 1. The highest BCUT2D eigenvalue weighted by Crippen LogP contribution is 2.35. The van der Waals surface area contributed by atoms with Crippen LogP contribution in [0.25, 0.3) is 5.57 Å². The van der Waals surface area contributed by atoms with E-state index in [0.29, 0.717) is 49.8 Å². The lowest BCUT2D eigenvalue weighted by atomic mass is 9.88. The average Bonchev–Trinajstić information content (AvgIpc) is 3.24. The zero-order valence-electron chi connectivity index (χ0n) is 34.0. The first-order valence-electron chi connectivity index (χ1n) is 19.9. The maximum absolute atomic E-state index is 13.8. The molecule has 2 aliphatic rings. The number of alkyl halides is 6. The summed E-state index contributed by atoms with van der Waals surface area (Å²) in [5.41, 5.74) is 6.91. The van der Waals surface area contributed by atoms with Gasteiger partial charge in [0.25, 0.3) is 0 Å². The van der Waals surface area contributed by atoms with Crippen LogP contribution in [0.1, 0.15) is 66.0 Å². The van der Waals surface area contributed by atoms with Gasteiger partial charge >= 0.3 is 18.4 Å². The van der Waals surface area contributed by atoms with Crippen LogP contribution in [0.2, 0.25) is 0 Å². The van der Waals surface area contributed by atoms with E-state index >= 15 is 0 Å². The summed E-state index contributed by atoms with van der Waals surface area (Å²) in [6.45, 7) is 2.72. The summed E-state index contributed by atoms with van der Waals surface area (Å²) in [5.74, 6) is 0.290. The molecular formula is C41H51F6N11O2S. The molecule has 330 valence electrons. The second-order valence-corrected chi connectivity index (χ2v) is 15.8. The number of carbonyl (C=O) groups is 2. The van der Waals surface area contributed by atoms with Crippen molar-refractivity contribution in [2.24, 2.45) is 10.7 Å². The predicted octanol–water partition coefficient (Wildman–Crippen LogP) is 7.03. The van der Waals surface area contributed by atoms with Gasteiger partial charge in [0.05, 0.1) is 5.69 Å². The van der Waals surface area contributed by atoms with E-state index < -0.39 is 41.8 Å². The van der Waals surface area contributed by atoms with Gasteiger partial charge in [0.1, 0.15) is 24.2 Å². The normalized spacial score (nSPS) is 16.4. The fourth-order valence-corrected chi connectivity index (χ4v) is 8.31. The Morgan fingerprint density at radius 1 is 1.05 bits per heavy atom. The SMILES string of the molecule is CNC(=O)N(CCC=O)C(=N)c1ccc(C2CCN(CCc3cccc(SN4CCC(Nc5ncc(C(F)(F)F)c(/C(C=NCC(F)(F)F)=C/N)n5)CC4)c3)CC2)cc1NC. The molecule has 2 fully saturated rings. The first-order chi connectivity index (χ1) is 29.1. The molecule has 0 atom stereocenters. The van der Waals surface area contributed by atoms with Crippen LogP contribution < -0.4 is 21.7 Å². The number of amides is 2. The second kappa shape index (κ2) is 21.5. The Labute approximate surface area is 355 Å². The van der Waals surface area contributed by atoms with E-state index in [1.165, 1.54) is 23.1 Å². The average molecular weight is 876 g/mol. The summed E-state index contributed by atoms with van der Waals surface area (Å²) in [6, 6.07) is 13.8. The van der Waals surface area contributed by atoms with E-state index in [9.17, 15) is 35.9 Å². The van der Waals surface area contributed by atoms with Crippen molar-refractivity contribution < 1.29 is 35.9 Å². The molecule has 0 radical (unpaired) electrons. The highest BCUT2D eigenvalue weighted by atomic mass is 32.2. The number of likely N-dealkylation sites (tertiary alicyclic amines) is 1. The third-order valence-electron chi connectivity index (χ3n) is 10.5. The van der Waals surface area contributed by atoms with E-state index in [-0.39, 0.29) is 30.8 Å². The molecule has 0 unspecified atom stereocenters. The molecule has 61 heavy (non-hydrogen) atoms. The van der Waals surface area contributed by atoms with E-state index in [4.69, 9.17) is 11.1 Å². The molecule has 3 aromatic rings. The summed E-state index contributed by atoms with van der Waals surface area (Å²) in [6.07, 6.45) is -2.52. The van der Waals surface area contributed by atoms with E-state index in [0.717, 1.165) is 62.0 Å². The van der Waals surface area contributed by atoms with Gasteiger partial charge in [0, 0.05) is 93.1 Å². The van der Waals surface area contributed by atoms with Crippen molar-refractivity contribution in [1.29, 1.82) is 5.41 Å². The number of allylic oxidation sites excluding steroid dienone is 1. The van der Waals surface area contributed by atoms with Crippen molar-refractivity contribution in [3.8, 4) is 0 Å². The quantitative estimate of drug-likeness (QED) is 0.0332. The second-order valence-electron chi connectivity index (χ2n) is 14.7. The number of anilines is 2. The number of benzene rings is 2. The number of nitrogens with zero attached hydrogens (tertiary/aromatic N) is 6. The molecule has 6 N–H and O–H groups in total. The maximum atomic E-state index is 13.8. The number of aldehydes is 1. The number of halogens is 6. The third-order valence-corrected chi connectivity index (χ3v) is 11.6. The Balaban J connectivity index is 1.10. The molecule has 2 aliphatic heterocycles. The Morgan fingerprint density at radius 2 is 1.79 bits per heavy atom. The van der Waals surface area contributed by atoms with E-state index in [2.05, 4.69) is 70.4 Å². The molecule has 13 nitrogen and oxygen atoms in total. The van der Waals surface area contributed by atoms with Crippen LogP contribution in [-0.2, 0) is 17.4 Å². The van der Waals surface area contributed by atoms with Gasteiger partial charge < -0.3 is 31.4 Å². The van der Waals surface area contributed by atoms with Gasteiger partial charge in [-0.05, 0) is 98.5 Å². The van der Waals surface area contributed by atoms with Crippen LogP contribution in [-0.4, -0.2) is 121 Å². The van der Waals surface area contributed by atoms with Gasteiger partial charge in [0.15, 0.2) is 0 Å². The van der Waals surface area contributed by atoms with Crippen LogP contribution >= 0.6 is 11.9 Å². The van der Waals surface area contributed by atoms with E-state index in [1.807, 2.05) is 12.1 Å². The highest BCUT2D eigenvalue weighted by molar-refractivity contribution is 7.97. The lowest BCUT2D eigenvalue weighted by Gasteiger charge is -2.33. The number of aliphatic imine (C=N–C) groups is 1. The molecule has 20 heteroatoms. The Morgan fingerprint density at radius 3 is 2.43 bits per heavy atom. The van der Waals surface area contributed by atoms with Crippen molar-refractivity contribution in [1.82, 2.24) is 29.4 Å². The number of amidine groups is 1. The minimum absolute atomic E-state index is 0.0247. The largest absolute Gasteiger partial charge is 0.419 e. The zero-order valence-corrected chi connectivity index (χ0v) is 34.8. The fourth-order valence-electron chi connectivity index (χ4n) is 7.27.